The molecule has 1 heterocycles. The van der Waals surface area contributed by atoms with Crippen molar-refractivity contribution < 1.29 is 12.8 Å². The second kappa shape index (κ2) is 4.60. The van der Waals surface area contributed by atoms with Gasteiger partial charge in [0, 0.05) is 5.69 Å². The van der Waals surface area contributed by atoms with Crippen LogP contribution in [-0.4, -0.2) is 8.42 Å². The molecule has 0 unspecified atom stereocenters. The molecule has 0 aliphatic heterocycles. The van der Waals surface area contributed by atoms with Crippen LogP contribution >= 0.6 is 0 Å². The van der Waals surface area contributed by atoms with Crippen LogP contribution in [-0.2, 0) is 16.6 Å². The number of anilines is 1. The minimum Gasteiger partial charge on any atom is -0.468 e. The third-order valence-electron chi connectivity index (χ3n) is 2.21. The first-order chi connectivity index (χ1) is 8.08. The monoisotopic (exact) mass is 252 g/mol. The highest BCUT2D eigenvalue weighted by molar-refractivity contribution is 7.89. The Morgan fingerprint density at radius 2 is 1.88 bits per heavy atom. The molecule has 6 heteroatoms. The number of rotatable bonds is 4. The van der Waals surface area contributed by atoms with E-state index in [9.17, 15) is 8.42 Å². The second-order valence-electron chi connectivity index (χ2n) is 3.47. The van der Waals surface area contributed by atoms with Crippen LogP contribution in [0.1, 0.15) is 5.76 Å². The molecule has 1 aromatic carbocycles. The molecule has 0 atom stereocenters. The minimum atomic E-state index is -3.52. The third kappa shape index (κ3) is 2.86. The maximum Gasteiger partial charge on any atom is 0.240 e. The van der Waals surface area contributed by atoms with E-state index in [4.69, 9.17) is 10.2 Å². The van der Waals surface area contributed by atoms with Gasteiger partial charge in [-0.25, -0.2) is 13.1 Å². The quantitative estimate of drug-likeness (QED) is 0.804. The Morgan fingerprint density at radius 1 is 1.18 bits per heavy atom. The molecule has 0 amide bonds. The van der Waals surface area contributed by atoms with E-state index in [-0.39, 0.29) is 11.4 Å². The van der Waals surface area contributed by atoms with Crippen LogP contribution in [0.2, 0.25) is 0 Å². The second-order valence-corrected chi connectivity index (χ2v) is 5.24. The molecule has 0 saturated heterocycles. The van der Waals surface area contributed by atoms with Gasteiger partial charge in [-0.3, -0.25) is 0 Å². The molecule has 3 N–H and O–H groups in total. The van der Waals surface area contributed by atoms with Gasteiger partial charge in [0.15, 0.2) is 0 Å². The van der Waals surface area contributed by atoms with E-state index in [1.807, 2.05) is 0 Å². The standard InChI is InChI=1S/C11H12N2O3S/c12-9-3-5-11(6-4-9)17(14,15)13-8-10-2-1-7-16-10/h1-7,13H,8,12H2. The van der Waals surface area contributed by atoms with Crippen molar-refractivity contribution in [2.24, 2.45) is 0 Å². The van der Waals surface area contributed by atoms with E-state index in [1.165, 1.54) is 18.4 Å². The zero-order valence-electron chi connectivity index (χ0n) is 8.96. The molecule has 0 radical (unpaired) electrons. The van der Waals surface area contributed by atoms with E-state index in [0.29, 0.717) is 11.4 Å². The number of sulfonamides is 1. The van der Waals surface area contributed by atoms with E-state index in [1.54, 1.807) is 24.3 Å². The smallest absolute Gasteiger partial charge is 0.240 e. The molecule has 0 saturated carbocycles. The number of nitrogen functional groups attached to an aromatic ring is 1. The van der Waals surface area contributed by atoms with Gasteiger partial charge in [0.2, 0.25) is 10.0 Å². The lowest BCUT2D eigenvalue weighted by Gasteiger charge is -2.05. The Bertz CT molecular complexity index is 574. The summed E-state index contributed by atoms with van der Waals surface area (Å²) in [5.74, 6) is 0.559. The largest absolute Gasteiger partial charge is 0.468 e. The number of nitrogens with one attached hydrogen (secondary N) is 1. The van der Waals surface area contributed by atoms with Crippen LogP contribution in [0.4, 0.5) is 5.69 Å². The van der Waals surface area contributed by atoms with Crippen molar-refractivity contribution in [2.75, 3.05) is 5.73 Å². The van der Waals surface area contributed by atoms with Gasteiger partial charge in [0.25, 0.3) is 0 Å². The Kier molecular flexibility index (Phi) is 3.16. The van der Waals surface area contributed by atoms with Crippen molar-refractivity contribution in [3.63, 3.8) is 0 Å². The third-order valence-corrected chi connectivity index (χ3v) is 3.62. The fourth-order valence-corrected chi connectivity index (χ4v) is 2.30. The lowest BCUT2D eigenvalue weighted by Crippen LogP contribution is -2.22. The number of hydrogen-bond acceptors (Lipinski definition) is 4. The fourth-order valence-electron chi connectivity index (χ4n) is 1.31. The van der Waals surface area contributed by atoms with Crippen molar-refractivity contribution in [3.05, 3.63) is 48.4 Å². The van der Waals surface area contributed by atoms with Crippen LogP contribution in [0.5, 0.6) is 0 Å². The molecule has 0 bridgehead atoms. The van der Waals surface area contributed by atoms with Gasteiger partial charge >= 0.3 is 0 Å². The fraction of sp³-hybridized carbons (Fsp3) is 0.0909. The molecule has 0 fully saturated rings. The Morgan fingerprint density at radius 3 is 2.47 bits per heavy atom. The van der Waals surface area contributed by atoms with Crippen molar-refractivity contribution in [1.82, 2.24) is 4.72 Å². The van der Waals surface area contributed by atoms with Gasteiger partial charge in [-0.15, -0.1) is 0 Å². The first-order valence-electron chi connectivity index (χ1n) is 4.95. The predicted molar refractivity (Wildman–Crippen MR) is 63.6 cm³/mol. The van der Waals surface area contributed by atoms with Crippen LogP contribution in [0.25, 0.3) is 0 Å². The number of hydrogen-bond donors (Lipinski definition) is 2. The molecule has 0 aliphatic rings. The topological polar surface area (TPSA) is 85.3 Å². The summed E-state index contributed by atoms with van der Waals surface area (Å²) in [5.41, 5.74) is 6.01. The predicted octanol–water partition coefficient (Wildman–Crippen LogP) is 1.34. The van der Waals surface area contributed by atoms with Gasteiger partial charge in [0.1, 0.15) is 5.76 Å². The SMILES string of the molecule is Nc1ccc(S(=O)(=O)NCc2ccco2)cc1. The molecule has 1 aromatic heterocycles. The Balaban J connectivity index is 2.11. The van der Waals surface area contributed by atoms with E-state index >= 15 is 0 Å². The van der Waals surface area contributed by atoms with Crippen LogP contribution < -0.4 is 10.5 Å². The highest BCUT2D eigenvalue weighted by Gasteiger charge is 2.13. The maximum atomic E-state index is 11.8. The number of furan rings is 1. The average Bonchev–Trinajstić information content (AvgIpc) is 2.80. The normalized spacial score (nSPS) is 11.5. The van der Waals surface area contributed by atoms with Gasteiger partial charge in [-0.05, 0) is 36.4 Å². The first kappa shape index (κ1) is 11.7. The number of nitrogens with two attached hydrogens (primary N) is 1. The van der Waals surface area contributed by atoms with Crippen molar-refractivity contribution in [3.8, 4) is 0 Å². The zero-order valence-corrected chi connectivity index (χ0v) is 9.78. The summed E-state index contributed by atoms with van der Waals surface area (Å²) in [5, 5.41) is 0. The highest BCUT2D eigenvalue weighted by Crippen LogP contribution is 2.12. The molecule has 2 aromatic rings. The molecular formula is C11H12N2O3S. The molecule has 0 aliphatic carbocycles. The molecule has 17 heavy (non-hydrogen) atoms. The lowest BCUT2D eigenvalue weighted by molar-refractivity contribution is 0.498. The van der Waals surface area contributed by atoms with Crippen molar-refractivity contribution >= 4 is 15.7 Å². The molecule has 5 nitrogen and oxygen atoms in total. The van der Waals surface area contributed by atoms with E-state index < -0.39 is 10.0 Å². The van der Waals surface area contributed by atoms with Crippen molar-refractivity contribution in [2.45, 2.75) is 11.4 Å². The molecular weight excluding hydrogens is 240 g/mol. The summed E-state index contributed by atoms with van der Waals surface area (Å²) in [6, 6.07) is 9.40. The maximum absolute atomic E-state index is 11.8. The zero-order chi connectivity index (χ0) is 12.3. The van der Waals surface area contributed by atoms with E-state index in [2.05, 4.69) is 4.72 Å². The summed E-state index contributed by atoms with van der Waals surface area (Å²) in [7, 11) is -3.52. The first-order valence-corrected chi connectivity index (χ1v) is 6.44. The Labute approximate surface area is 99.3 Å². The molecule has 0 spiro atoms. The summed E-state index contributed by atoms with van der Waals surface area (Å²) >= 11 is 0. The minimum absolute atomic E-state index is 0.125. The van der Waals surface area contributed by atoms with Crippen LogP contribution in [0.15, 0.2) is 52.0 Å². The van der Waals surface area contributed by atoms with Gasteiger partial charge in [-0.1, -0.05) is 0 Å². The average molecular weight is 252 g/mol. The highest BCUT2D eigenvalue weighted by atomic mass is 32.2. The van der Waals surface area contributed by atoms with Crippen LogP contribution in [0.3, 0.4) is 0 Å². The van der Waals surface area contributed by atoms with Crippen molar-refractivity contribution in [1.29, 1.82) is 0 Å². The van der Waals surface area contributed by atoms with Gasteiger partial charge in [-0.2, -0.15) is 0 Å². The molecule has 2 rings (SSSR count). The molecule has 90 valence electrons. The summed E-state index contributed by atoms with van der Waals surface area (Å²) in [6.07, 6.45) is 1.49. The van der Waals surface area contributed by atoms with Crippen LogP contribution in [0, 0.1) is 0 Å². The van der Waals surface area contributed by atoms with Gasteiger partial charge in [0.05, 0.1) is 17.7 Å². The van der Waals surface area contributed by atoms with E-state index in [0.717, 1.165) is 0 Å². The summed E-state index contributed by atoms with van der Waals surface area (Å²) in [4.78, 5) is 0.179. The lowest BCUT2D eigenvalue weighted by atomic mass is 10.3. The summed E-state index contributed by atoms with van der Waals surface area (Å²) < 4.78 is 31.2. The van der Waals surface area contributed by atoms with Gasteiger partial charge < -0.3 is 10.2 Å². The summed E-state index contributed by atoms with van der Waals surface area (Å²) in [6.45, 7) is 0.125. The number of benzene rings is 1. The Hall–Kier alpha value is -1.79.